The number of para-hydroxylation sites is 1. The van der Waals surface area contributed by atoms with Crippen LogP contribution in [0.5, 0.6) is 11.5 Å². The topological polar surface area (TPSA) is 81.9 Å². The number of hydrogen-bond acceptors (Lipinski definition) is 6. The van der Waals surface area contributed by atoms with Gasteiger partial charge in [0.25, 0.3) is 0 Å². The Labute approximate surface area is 178 Å². The molecule has 3 aromatic rings. The summed E-state index contributed by atoms with van der Waals surface area (Å²) in [6.07, 6.45) is 1.47. The van der Waals surface area contributed by atoms with Gasteiger partial charge in [0.1, 0.15) is 23.5 Å². The number of aromatic nitrogens is 1. The van der Waals surface area contributed by atoms with E-state index in [1.54, 1.807) is 26.2 Å². The number of benzene rings is 2. The molecule has 1 heterocycles. The van der Waals surface area contributed by atoms with Crippen molar-refractivity contribution in [2.75, 3.05) is 27.0 Å². The first-order valence-corrected chi connectivity index (χ1v) is 10.8. The molecule has 0 radical (unpaired) electrons. The van der Waals surface area contributed by atoms with Gasteiger partial charge in [-0.15, -0.1) is 0 Å². The van der Waals surface area contributed by atoms with Crippen LogP contribution >= 0.6 is 0 Å². The summed E-state index contributed by atoms with van der Waals surface area (Å²) in [6.45, 7) is 0.381. The molecule has 1 amide bonds. The molecule has 0 fully saturated rings. The number of rotatable bonds is 9. The van der Waals surface area contributed by atoms with E-state index in [1.165, 1.54) is 6.26 Å². The Bertz CT molecular complexity index is 1020. The van der Waals surface area contributed by atoms with Crippen LogP contribution in [0.3, 0.4) is 0 Å². The van der Waals surface area contributed by atoms with Gasteiger partial charge >= 0.3 is 0 Å². The monoisotopic (exact) mass is 428 g/mol. The molecule has 0 N–H and O–H groups in total. The van der Waals surface area contributed by atoms with Gasteiger partial charge in [-0.25, -0.2) is 4.98 Å². The molecule has 1 atom stereocenters. The molecule has 0 saturated heterocycles. The molecule has 0 aliphatic carbocycles. The largest absolute Gasteiger partial charge is 0.497 e. The molecule has 3 rings (SSSR count). The smallest absolute Gasteiger partial charge is 0.235 e. The van der Waals surface area contributed by atoms with Gasteiger partial charge in [-0.1, -0.05) is 18.2 Å². The first kappa shape index (κ1) is 21.6. The molecule has 8 heteroatoms. The number of ether oxygens (including phenoxy) is 2. The molecule has 0 spiro atoms. The average molecular weight is 429 g/mol. The lowest BCUT2D eigenvalue weighted by molar-refractivity contribution is -0.127. The molecule has 0 aliphatic rings. The minimum absolute atomic E-state index is 0.0869. The van der Waals surface area contributed by atoms with E-state index < -0.39 is 10.8 Å². The zero-order chi connectivity index (χ0) is 21.5. The Hall–Kier alpha value is -3.13. The maximum absolute atomic E-state index is 12.5. The zero-order valence-electron chi connectivity index (χ0n) is 17.2. The molecule has 1 aromatic heterocycles. The van der Waals surface area contributed by atoms with Gasteiger partial charge in [-0.2, -0.15) is 0 Å². The fraction of sp³-hybridized carbons (Fsp3) is 0.273. The third-order valence-electron chi connectivity index (χ3n) is 4.51. The minimum Gasteiger partial charge on any atom is -0.497 e. The molecule has 1 unspecified atom stereocenters. The molecular formula is C22H24N2O5S. The molecule has 30 heavy (non-hydrogen) atoms. The number of carbonyl (C=O) groups is 1. The highest BCUT2D eigenvalue weighted by molar-refractivity contribution is 7.84. The predicted octanol–water partition coefficient (Wildman–Crippen LogP) is 3.27. The van der Waals surface area contributed by atoms with E-state index in [0.717, 1.165) is 16.9 Å². The number of hydrogen-bond donors (Lipinski definition) is 0. The van der Waals surface area contributed by atoms with Crippen LogP contribution in [-0.2, 0) is 27.9 Å². The van der Waals surface area contributed by atoms with Crippen LogP contribution in [0.2, 0.25) is 0 Å². The number of carbonyl (C=O) groups excluding carboxylic acids is 1. The van der Waals surface area contributed by atoms with Gasteiger partial charge in [0.15, 0.2) is 0 Å². The second-order valence-corrected chi connectivity index (χ2v) is 8.12. The number of nitrogens with zero attached hydrogens (tertiary/aromatic N) is 2. The van der Waals surface area contributed by atoms with Crippen LogP contribution in [-0.4, -0.2) is 47.0 Å². The third-order valence-corrected chi connectivity index (χ3v) is 5.69. The van der Waals surface area contributed by atoms with Crippen molar-refractivity contribution in [3.63, 3.8) is 0 Å². The highest BCUT2D eigenvalue weighted by Gasteiger charge is 2.17. The summed E-state index contributed by atoms with van der Waals surface area (Å²) >= 11 is 0. The lowest BCUT2D eigenvalue weighted by Crippen LogP contribution is -2.30. The second kappa shape index (κ2) is 10.1. The fourth-order valence-electron chi connectivity index (χ4n) is 2.88. The van der Waals surface area contributed by atoms with Crippen LogP contribution in [0.4, 0.5) is 0 Å². The summed E-state index contributed by atoms with van der Waals surface area (Å²) in [7, 11) is 3.48. The van der Waals surface area contributed by atoms with Crippen LogP contribution in [0.25, 0.3) is 11.5 Å². The highest BCUT2D eigenvalue weighted by atomic mass is 32.2. The number of oxazole rings is 1. The van der Waals surface area contributed by atoms with E-state index in [2.05, 4.69) is 4.98 Å². The Morgan fingerprint density at radius 1 is 1.10 bits per heavy atom. The quantitative estimate of drug-likeness (QED) is 0.520. The summed E-state index contributed by atoms with van der Waals surface area (Å²) in [6, 6.07) is 14.8. The number of amides is 1. The third kappa shape index (κ3) is 5.48. The van der Waals surface area contributed by atoms with E-state index in [-0.39, 0.29) is 17.4 Å². The van der Waals surface area contributed by atoms with Gasteiger partial charge in [0.2, 0.25) is 11.8 Å². The lowest BCUT2D eigenvalue weighted by atomic mass is 10.2. The van der Waals surface area contributed by atoms with Crippen LogP contribution in [0, 0.1) is 0 Å². The van der Waals surface area contributed by atoms with Crippen molar-refractivity contribution in [2.24, 2.45) is 0 Å². The summed E-state index contributed by atoms with van der Waals surface area (Å²) in [5.41, 5.74) is 2.22. The SMILES string of the molecule is COc1ccc(-c2nc(CS(=O)CC(=O)N(C)Cc3ccccc3OC)co2)cc1. The van der Waals surface area contributed by atoms with Crippen molar-refractivity contribution in [1.82, 2.24) is 9.88 Å². The lowest BCUT2D eigenvalue weighted by Gasteiger charge is -2.18. The van der Waals surface area contributed by atoms with Gasteiger partial charge in [0.05, 0.1) is 25.7 Å². The van der Waals surface area contributed by atoms with Crippen molar-refractivity contribution in [2.45, 2.75) is 12.3 Å². The maximum atomic E-state index is 12.5. The first-order valence-electron chi connectivity index (χ1n) is 9.30. The molecule has 0 aliphatic heterocycles. The Kier molecular flexibility index (Phi) is 7.24. The van der Waals surface area contributed by atoms with Crippen molar-refractivity contribution in [3.05, 3.63) is 66.1 Å². The summed E-state index contributed by atoms with van der Waals surface area (Å²) in [5, 5.41) is 0. The number of methoxy groups -OCH3 is 2. The van der Waals surface area contributed by atoms with Crippen LogP contribution in [0.15, 0.2) is 59.2 Å². The average Bonchev–Trinajstić information content (AvgIpc) is 3.22. The zero-order valence-corrected chi connectivity index (χ0v) is 18.0. The Morgan fingerprint density at radius 3 is 2.53 bits per heavy atom. The first-order chi connectivity index (χ1) is 14.5. The fourth-order valence-corrected chi connectivity index (χ4v) is 3.94. The van der Waals surface area contributed by atoms with E-state index in [9.17, 15) is 9.00 Å². The van der Waals surface area contributed by atoms with Crippen molar-refractivity contribution < 1.29 is 22.9 Å². The molecule has 7 nitrogen and oxygen atoms in total. The van der Waals surface area contributed by atoms with Crippen molar-refractivity contribution in [3.8, 4) is 23.0 Å². The van der Waals surface area contributed by atoms with E-state index >= 15 is 0 Å². The standard InChI is InChI=1S/C22H24N2O5S/c1-24(12-17-6-4-5-7-20(17)28-3)21(25)15-30(26)14-18-13-29-22(23-18)16-8-10-19(27-2)11-9-16/h4-11,13H,12,14-15H2,1-3H3. The predicted molar refractivity (Wildman–Crippen MR) is 115 cm³/mol. The second-order valence-electron chi connectivity index (χ2n) is 6.66. The van der Waals surface area contributed by atoms with Crippen LogP contribution in [0.1, 0.15) is 11.3 Å². The van der Waals surface area contributed by atoms with Gasteiger partial charge in [-0.05, 0) is 30.3 Å². The molecule has 0 bridgehead atoms. The van der Waals surface area contributed by atoms with E-state index in [1.807, 2.05) is 48.5 Å². The molecule has 2 aromatic carbocycles. The minimum atomic E-state index is -1.40. The van der Waals surface area contributed by atoms with Crippen molar-refractivity contribution in [1.29, 1.82) is 0 Å². The summed E-state index contributed by atoms with van der Waals surface area (Å²) < 4.78 is 28.4. The van der Waals surface area contributed by atoms with Gasteiger partial charge in [0, 0.05) is 35.5 Å². The van der Waals surface area contributed by atoms with E-state index in [4.69, 9.17) is 13.9 Å². The molecular weight excluding hydrogens is 404 g/mol. The summed E-state index contributed by atoms with van der Waals surface area (Å²) in [5.74, 6) is 1.74. The Morgan fingerprint density at radius 2 is 1.83 bits per heavy atom. The van der Waals surface area contributed by atoms with Gasteiger partial charge < -0.3 is 18.8 Å². The van der Waals surface area contributed by atoms with Crippen molar-refractivity contribution >= 4 is 16.7 Å². The normalized spacial score (nSPS) is 11.7. The molecule has 158 valence electrons. The maximum Gasteiger partial charge on any atom is 0.235 e. The summed E-state index contributed by atoms with van der Waals surface area (Å²) in [4.78, 5) is 18.4. The Balaban J connectivity index is 1.56. The molecule has 0 saturated carbocycles. The van der Waals surface area contributed by atoms with E-state index in [0.29, 0.717) is 23.9 Å². The van der Waals surface area contributed by atoms with Gasteiger partial charge in [-0.3, -0.25) is 9.00 Å². The highest BCUT2D eigenvalue weighted by Crippen LogP contribution is 2.22. The van der Waals surface area contributed by atoms with Crippen LogP contribution < -0.4 is 9.47 Å².